The first-order valence-electron chi connectivity index (χ1n) is 14.8. The monoisotopic (exact) mass is 513 g/mol. The fourth-order valence-electron chi connectivity index (χ4n) is 4.85. The lowest BCUT2D eigenvalue weighted by molar-refractivity contribution is -0.206. The molecule has 0 atom stereocenters. The van der Waals surface area contributed by atoms with Gasteiger partial charge in [0.05, 0.1) is 25.5 Å². The molecule has 2 heterocycles. The Labute approximate surface area is 224 Å². The molecule has 5 heteroatoms. The predicted octanol–water partition coefficient (Wildman–Crippen LogP) is 9.43. The highest BCUT2D eigenvalue weighted by molar-refractivity contribution is 5.60. The Morgan fingerprint density at radius 2 is 1.46 bits per heavy atom. The van der Waals surface area contributed by atoms with Crippen molar-refractivity contribution in [3.05, 3.63) is 47.9 Å². The molecule has 3 rings (SSSR count). The van der Waals surface area contributed by atoms with Crippen LogP contribution in [0.1, 0.15) is 116 Å². The van der Waals surface area contributed by atoms with Gasteiger partial charge in [0.25, 0.3) is 0 Å². The van der Waals surface area contributed by atoms with Crippen LogP contribution in [0.2, 0.25) is 0 Å². The molecule has 0 bridgehead atoms. The summed E-state index contributed by atoms with van der Waals surface area (Å²) in [6, 6.07) is 8.93. The van der Waals surface area contributed by atoms with Crippen LogP contribution in [0.3, 0.4) is 0 Å². The standard InChI is InChI=1S/C32H48FNO3/c1-3-5-7-9-11-12-14-16-26-24-36-32(37-25-26)28-17-19-30(34-23-28)27-18-20-31(29(33)22-27)35-21-15-13-10-8-6-4-2/h17-20,22-23,26,32H,3-16,21,24-25H2,1-2H3. The summed E-state index contributed by atoms with van der Waals surface area (Å²) in [6.45, 7) is 6.48. The number of halogens is 1. The molecule has 37 heavy (non-hydrogen) atoms. The van der Waals surface area contributed by atoms with Crippen LogP contribution in [0.4, 0.5) is 4.39 Å². The Bertz CT molecular complexity index is 865. The molecule has 2 aromatic rings. The minimum absolute atomic E-state index is 0.309. The average Bonchev–Trinajstić information content (AvgIpc) is 2.93. The van der Waals surface area contributed by atoms with Gasteiger partial charge in [-0.15, -0.1) is 0 Å². The molecule has 0 radical (unpaired) electrons. The summed E-state index contributed by atoms with van der Waals surface area (Å²) in [4.78, 5) is 4.55. The van der Waals surface area contributed by atoms with Crippen molar-refractivity contribution >= 4 is 0 Å². The highest BCUT2D eigenvalue weighted by Crippen LogP contribution is 2.29. The third-order valence-corrected chi connectivity index (χ3v) is 7.22. The Balaban J connectivity index is 1.37. The Morgan fingerprint density at radius 3 is 2.08 bits per heavy atom. The van der Waals surface area contributed by atoms with Crippen LogP contribution in [-0.4, -0.2) is 24.8 Å². The molecule has 0 saturated carbocycles. The van der Waals surface area contributed by atoms with Crippen molar-refractivity contribution in [3.63, 3.8) is 0 Å². The van der Waals surface area contributed by atoms with Crippen LogP contribution in [0.15, 0.2) is 36.5 Å². The summed E-state index contributed by atoms with van der Waals surface area (Å²) in [5, 5.41) is 0. The van der Waals surface area contributed by atoms with Crippen LogP contribution in [0.5, 0.6) is 5.75 Å². The largest absolute Gasteiger partial charge is 0.491 e. The van der Waals surface area contributed by atoms with Gasteiger partial charge in [-0.05, 0) is 37.1 Å². The van der Waals surface area contributed by atoms with E-state index in [1.807, 2.05) is 18.2 Å². The molecule has 1 fully saturated rings. The van der Waals surface area contributed by atoms with E-state index in [9.17, 15) is 4.39 Å². The van der Waals surface area contributed by atoms with Crippen LogP contribution in [0, 0.1) is 11.7 Å². The van der Waals surface area contributed by atoms with Crippen molar-refractivity contribution in [1.82, 2.24) is 4.98 Å². The van der Waals surface area contributed by atoms with Gasteiger partial charge in [0, 0.05) is 23.2 Å². The molecule has 0 amide bonds. The van der Waals surface area contributed by atoms with E-state index < -0.39 is 0 Å². The summed E-state index contributed by atoms with van der Waals surface area (Å²) in [5.74, 6) is 0.438. The number of pyridine rings is 1. The Morgan fingerprint density at radius 1 is 0.811 bits per heavy atom. The quantitative estimate of drug-likeness (QED) is 0.186. The van der Waals surface area contributed by atoms with Crippen LogP contribution >= 0.6 is 0 Å². The zero-order valence-electron chi connectivity index (χ0n) is 23.2. The normalized spacial score (nSPS) is 17.7. The molecule has 0 spiro atoms. The fraction of sp³-hybridized carbons (Fsp3) is 0.656. The summed E-state index contributed by atoms with van der Waals surface area (Å²) >= 11 is 0. The van der Waals surface area contributed by atoms with Gasteiger partial charge in [0.1, 0.15) is 0 Å². The first-order chi connectivity index (χ1) is 18.2. The second kappa shape index (κ2) is 17.5. The van der Waals surface area contributed by atoms with Crippen molar-refractivity contribution in [2.75, 3.05) is 19.8 Å². The number of rotatable bonds is 18. The van der Waals surface area contributed by atoms with Gasteiger partial charge in [0.2, 0.25) is 0 Å². The summed E-state index contributed by atoms with van der Waals surface area (Å²) < 4.78 is 32.3. The van der Waals surface area contributed by atoms with Crippen molar-refractivity contribution in [1.29, 1.82) is 0 Å². The molecular weight excluding hydrogens is 465 g/mol. The third-order valence-electron chi connectivity index (χ3n) is 7.22. The minimum Gasteiger partial charge on any atom is -0.491 e. The van der Waals surface area contributed by atoms with E-state index in [0.29, 0.717) is 18.3 Å². The average molecular weight is 514 g/mol. The second-order valence-corrected chi connectivity index (χ2v) is 10.5. The van der Waals surface area contributed by atoms with Crippen molar-refractivity contribution in [3.8, 4) is 17.0 Å². The van der Waals surface area contributed by atoms with Gasteiger partial charge >= 0.3 is 0 Å². The molecule has 0 unspecified atom stereocenters. The topological polar surface area (TPSA) is 40.6 Å². The number of hydrogen-bond donors (Lipinski definition) is 0. The van der Waals surface area contributed by atoms with E-state index in [-0.39, 0.29) is 12.1 Å². The first-order valence-corrected chi connectivity index (χ1v) is 14.8. The summed E-state index contributed by atoms with van der Waals surface area (Å²) in [7, 11) is 0. The van der Waals surface area contributed by atoms with Crippen LogP contribution in [0.25, 0.3) is 11.3 Å². The van der Waals surface area contributed by atoms with E-state index >= 15 is 0 Å². The van der Waals surface area contributed by atoms with E-state index in [1.54, 1.807) is 12.3 Å². The molecule has 206 valence electrons. The van der Waals surface area contributed by atoms with E-state index in [2.05, 4.69) is 18.8 Å². The highest BCUT2D eigenvalue weighted by atomic mass is 19.1. The molecule has 1 saturated heterocycles. The van der Waals surface area contributed by atoms with Crippen molar-refractivity contribution in [2.24, 2.45) is 5.92 Å². The van der Waals surface area contributed by atoms with Gasteiger partial charge < -0.3 is 14.2 Å². The fourth-order valence-corrected chi connectivity index (χ4v) is 4.85. The minimum atomic E-state index is -0.374. The van der Waals surface area contributed by atoms with Gasteiger partial charge in [-0.2, -0.15) is 0 Å². The Kier molecular flexibility index (Phi) is 14.0. The molecule has 1 aliphatic heterocycles. The predicted molar refractivity (Wildman–Crippen MR) is 149 cm³/mol. The van der Waals surface area contributed by atoms with Gasteiger partial charge in [-0.3, -0.25) is 4.98 Å². The lowest BCUT2D eigenvalue weighted by atomic mass is 10.0. The maximum atomic E-state index is 14.6. The molecular formula is C32H48FNO3. The van der Waals surface area contributed by atoms with Crippen LogP contribution in [-0.2, 0) is 9.47 Å². The number of ether oxygens (including phenoxy) is 3. The number of benzene rings is 1. The molecule has 0 N–H and O–H groups in total. The van der Waals surface area contributed by atoms with Crippen LogP contribution < -0.4 is 4.74 Å². The van der Waals surface area contributed by atoms with E-state index in [4.69, 9.17) is 14.2 Å². The van der Waals surface area contributed by atoms with Gasteiger partial charge in [0.15, 0.2) is 17.9 Å². The molecule has 1 aliphatic rings. The smallest absolute Gasteiger partial charge is 0.185 e. The third kappa shape index (κ3) is 10.7. The number of nitrogens with zero attached hydrogens (tertiary/aromatic N) is 1. The van der Waals surface area contributed by atoms with Gasteiger partial charge in [-0.1, -0.05) is 97.0 Å². The lowest BCUT2D eigenvalue weighted by Crippen LogP contribution is -2.27. The number of unbranched alkanes of at least 4 members (excludes halogenated alkanes) is 11. The van der Waals surface area contributed by atoms with Crippen molar-refractivity contribution in [2.45, 2.75) is 110 Å². The maximum Gasteiger partial charge on any atom is 0.185 e. The molecule has 1 aromatic heterocycles. The SMILES string of the molecule is CCCCCCCCCC1COC(c2ccc(-c3ccc(OCCCCCCCC)c(F)c3)nc2)OC1. The van der Waals surface area contributed by atoms with E-state index in [0.717, 1.165) is 42.9 Å². The number of aromatic nitrogens is 1. The zero-order chi connectivity index (χ0) is 26.1. The van der Waals surface area contributed by atoms with E-state index in [1.165, 1.54) is 83.1 Å². The highest BCUT2D eigenvalue weighted by Gasteiger charge is 2.23. The zero-order valence-corrected chi connectivity index (χ0v) is 23.2. The maximum absolute atomic E-state index is 14.6. The molecule has 1 aromatic carbocycles. The molecule has 0 aliphatic carbocycles. The molecule has 4 nitrogen and oxygen atoms in total. The lowest BCUT2D eigenvalue weighted by Gasteiger charge is -2.29. The number of hydrogen-bond acceptors (Lipinski definition) is 4. The Hall–Kier alpha value is -1.98. The first kappa shape index (κ1) is 29.6. The second-order valence-electron chi connectivity index (χ2n) is 10.5. The summed E-state index contributed by atoms with van der Waals surface area (Å²) in [5.41, 5.74) is 2.35. The van der Waals surface area contributed by atoms with Crippen molar-refractivity contribution < 1.29 is 18.6 Å². The summed E-state index contributed by atoms with van der Waals surface area (Å²) in [6.07, 6.45) is 19.0. The van der Waals surface area contributed by atoms with Gasteiger partial charge in [-0.25, -0.2) is 4.39 Å².